The van der Waals surface area contributed by atoms with Gasteiger partial charge in [-0.2, -0.15) is 0 Å². The predicted octanol–water partition coefficient (Wildman–Crippen LogP) is 3.93. The summed E-state index contributed by atoms with van der Waals surface area (Å²) in [6.07, 6.45) is 0.692. The summed E-state index contributed by atoms with van der Waals surface area (Å²) in [5.41, 5.74) is 0.828. The Bertz CT molecular complexity index is 624. The molecule has 2 aromatic rings. The molecule has 2 aromatic carbocycles. The van der Waals surface area contributed by atoms with Gasteiger partial charge in [0.25, 0.3) is 0 Å². The maximum atomic E-state index is 12.0. The van der Waals surface area contributed by atoms with Gasteiger partial charge >= 0.3 is 5.97 Å². The molecule has 19 heavy (non-hydrogen) atoms. The first-order chi connectivity index (χ1) is 9.11. The molecule has 0 atom stereocenters. The highest BCUT2D eigenvalue weighted by atomic mass is 127. The zero-order chi connectivity index (χ0) is 13.8. The molecule has 0 aliphatic carbocycles. The van der Waals surface area contributed by atoms with Crippen molar-refractivity contribution in [2.45, 2.75) is 0 Å². The summed E-state index contributed by atoms with van der Waals surface area (Å²) in [5, 5.41) is 0. The van der Waals surface area contributed by atoms with Gasteiger partial charge in [0.15, 0.2) is 12.0 Å². The normalized spacial score (nSPS) is 10.0. The van der Waals surface area contributed by atoms with Crippen LogP contribution in [-0.4, -0.2) is 12.3 Å². The van der Waals surface area contributed by atoms with Gasteiger partial charge in [-0.3, -0.25) is 4.79 Å². The van der Waals surface area contributed by atoms with Crippen LogP contribution in [0.1, 0.15) is 20.7 Å². The summed E-state index contributed by atoms with van der Waals surface area (Å²) in [5.74, 6) is -0.160. The first kappa shape index (κ1) is 14.4. The highest BCUT2D eigenvalue weighted by Crippen LogP contribution is 2.28. The molecule has 0 aliphatic rings. The lowest BCUT2D eigenvalue weighted by Crippen LogP contribution is -2.10. The van der Waals surface area contributed by atoms with Gasteiger partial charge in [-0.1, -0.05) is 18.2 Å². The number of aldehydes is 1. The molecule has 0 heterocycles. The Balaban J connectivity index is 2.34. The van der Waals surface area contributed by atoms with E-state index in [0.717, 1.165) is 7.14 Å². The van der Waals surface area contributed by atoms with E-state index >= 15 is 0 Å². The van der Waals surface area contributed by atoms with Crippen LogP contribution in [0, 0.1) is 7.14 Å². The summed E-state index contributed by atoms with van der Waals surface area (Å²) in [7, 11) is 0. The van der Waals surface area contributed by atoms with Crippen molar-refractivity contribution in [2.24, 2.45) is 0 Å². The van der Waals surface area contributed by atoms with E-state index in [4.69, 9.17) is 4.74 Å². The van der Waals surface area contributed by atoms with Crippen molar-refractivity contribution in [3.8, 4) is 5.75 Å². The molecule has 0 saturated heterocycles. The van der Waals surface area contributed by atoms with E-state index in [9.17, 15) is 9.59 Å². The van der Waals surface area contributed by atoms with Crippen molar-refractivity contribution in [1.82, 2.24) is 0 Å². The van der Waals surface area contributed by atoms with Crippen LogP contribution in [0.2, 0.25) is 0 Å². The van der Waals surface area contributed by atoms with Gasteiger partial charge in [0.05, 0.1) is 14.7 Å². The molecule has 96 valence electrons. The molecule has 0 aliphatic heterocycles. The van der Waals surface area contributed by atoms with Gasteiger partial charge in [-0.15, -0.1) is 0 Å². The number of carbonyl (C=O) groups is 2. The molecule has 0 aromatic heterocycles. The molecular weight excluding hydrogens is 470 g/mol. The molecular formula is C14H8I2O3. The van der Waals surface area contributed by atoms with Gasteiger partial charge in [0.1, 0.15) is 0 Å². The Labute approximate surface area is 137 Å². The number of hydrogen-bond donors (Lipinski definition) is 0. The van der Waals surface area contributed by atoms with Crippen LogP contribution in [0.25, 0.3) is 0 Å². The van der Waals surface area contributed by atoms with Gasteiger partial charge in [-0.25, -0.2) is 4.79 Å². The van der Waals surface area contributed by atoms with Crippen LogP contribution >= 0.6 is 45.2 Å². The van der Waals surface area contributed by atoms with Crippen LogP contribution in [0.15, 0.2) is 42.5 Å². The first-order valence-corrected chi connectivity index (χ1v) is 7.49. The van der Waals surface area contributed by atoms with Crippen molar-refractivity contribution in [2.75, 3.05) is 0 Å². The molecule has 2 rings (SSSR count). The van der Waals surface area contributed by atoms with E-state index < -0.39 is 5.97 Å². The Morgan fingerprint density at radius 2 is 1.79 bits per heavy atom. The van der Waals surface area contributed by atoms with Gasteiger partial charge in [-0.05, 0) is 69.4 Å². The van der Waals surface area contributed by atoms with E-state index in [2.05, 4.69) is 22.6 Å². The number of ether oxygens (including phenoxy) is 1. The third kappa shape index (κ3) is 3.53. The van der Waals surface area contributed by atoms with Crippen LogP contribution in [0.4, 0.5) is 0 Å². The largest absolute Gasteiger partial charge is 0.421 e. The minimum atomic E-state index is -0.470. The van der Waals surface area contributed by atoms with E-state index in [1.165, 1.54) is 0 Å². The van der Waals surface area contributed by atoms with Crippen molar-refractivity contribution in [1.29, 1.82) is 0 Å². The third-order valence-electron chi connectivity index (χ3n) is 2.37. The number of hydrogen-bond acceptors (Lipinski definition) is 3. The van der Waals surface area contributed by atoms with E-state index in [0.29, 0.717) is 23.2 Å². The number of carbonyl (C=O) groups excluding carboxylic acids is 2. The topological polar surface area (TPSA) is 43.4 Å². The molecule has 0 unspecified atom stereocenters. The standard InChI is InChI=1S/C14H8I2O3/c15-11-6-10(8-17)13(12(16)7-11)19-14(18)9-4-2-1-3-5-9/h1-8H. The van der Waals surface area contributed by atoms with E-state index in [1.807, 2.05) is 34.7 Å². The lowest BCUT2D eigenvalue weighted by atomic mass is 10.2. The fourth-order valence-corrected chi connectivity index (χ4v) is 3.50. The molecule has 5 heteroatoms. The molecule has 0 amide bonds. The fourth-order valence-electron chi connectivity index (χ4n) is 1.50. The molecule has 0 spiro atoms. The Morgan fingerprint density at radius 3 is 2.42 bits per heavy atom. The predicted molar refractivity (Wildman–Crippen MR) is 88.7 cm³/mol. The molecule has 0 radical (unpaired) electrons. The quantitative estimate of drug-likeness (QED) is 0.291. The second kappa shape index (κ2) is 6.47. The SMILES string of the molecule is O=Cc1cc(I)cc(I)c1OC(=O)c1ccccc1. The monoisotopic (exact) mass is 478 g/mol. The van der Waals surface area contributed by atoms with Crippen LogP contribution in [-0.2, 0) is 0 Å². The number of rotatable bonds is 3. The zero-order valence-corrected chi connectivity index (χ0v) is 13.9. The molecule has 0 fully saturated rings. The Morgan fingerprint density at radius 1 is 1.11 bits per heavy atom. The number of halogens is 2. The summed E-state index contributed by atoms with van der Waals surface area (Å²) < 4.78 is 6.98. The lowest BCUT2D eigenvalue weighted by molar-refractivity contribution is 0.0732. The van der Waals surface area contributed by atoms with Crippen molar-refractivity contribution >= 4 is 57.4 Å². The van der Waals surface area contributed by atoms with Crippen LogP contribution in [0.3, 0.4) is 0 Å². The molecule has 0 N–H and O–H groups in total. The van der Waals surface area contributed by atoms with Gasteiger partial charge in [0, 0.05) is 3.57 Å². The molecule has 0 bridgehead atoms. The maximum absolute atomic E-state index is 12.0. The smallest absolute Gasteiger partial charge is 0.343 e. The summed E-state index contributed by atoms with van der Waals surface area (Å²) >= 11 is 4.16. The molecule has 0 saturated carbocycles. The van der Waals surface area contributed by atoms with E-state index in [1.54, 1.807) is 30.3 Å². The first-order valence-electron chi connectivity index (χ1n) is 5.33. The summed E-state index contributed by atoms with van der Waals surface area (Å²) in [6, 6.07) is 12.2. The zero-order valence-electron chi connectivity index (χ0n) is 9.60. The second-order valence-corrected chi connectivity index (χ2v) is 6.09. The van der Waals surface area contributed by atoms with Gasteiger partial charge < -0.3 is 4.74 Å². The second-order valence-electron chi connectivity index (χ2n) is 3.68. The Hall–Kier alpha value is -0.960. The van der Waals surface area contributed by atoms with Crippen LogP contribution in [0.5, 0.6) is 5.75 Å². The summed E-state index contributed by atoms with van der Waals surface area (Å²) in [6.45, 7) is 0. The highest BCUT2D eigenvalue weighted by Gasteiger charge is 2.15. The van der Waals surface area contributed by atoms with Crippen molar-refractivity contribution < 1.29 is 14.3 Å². The van der Waals surface area contributed by atoms with Gasteiger partial charge in [0.2, 0.25) is 0 Å². The fraction of sp³-hybridized carbons (Fsp3) is 0. The van der Waals surface area contributed by atoms with Crippen LogP contribution < -0.4 is 4.74 Å². The summed E-state index contributed by atoms with van der Waals surface area (Å²) in [4.78, 5) is 23.0. The molecule has 3 nitrogen and oxygen atoms in total. The van der Waals surface area contributed by atoms with Crippen molar-refractivity contribution in [3.05, 3.63) is 60.7 Å². The average Bonchev–Trinajstić information content (AvgIpc) is 2.42. The van der Waals surface area contributed by atoms with Crippen molar-refractivity contribution in [3.63, 3.8) is 0 Å². The maximum Gasteiger partial charge on any atom is 0.343 e. The minimum absolute atomic E-state index is 0.310. The van der Waals surface area contributed by atoms with E-state index in [-0.39, 0.29) is 0 Å². The number of esters is 1. The number of benzene rings is 2. The third-order valence-corrected chi connectivity index (χ3v) is 3.79. The highest BCUT2D eigenvalue weighted by molar-refractivity contribution is 14.1. The Kier molecular flexibility index (Phi) is 4.92. The lowest BCUT2D eigenvalue weighted by Gasteiger charge is -2.09. The minimum Gasteiger partial charge on any atom is -0.421 e. The average molecular weight is 478 g/mol.